The van der Waals surface area contributed by atoms with Gasteiger partial charge in [-0.15, -0.1) is 0 Å². The Labute approximate surface area is 239 Å². The number of H-pyrrole nitrogens is 1. The summed E-state index contributed by atoms with van der Waals surface area (Å²) in [5.41, 5.74) is -1.99. The zero-order valence-electron chi connectivity index (χ0n) is 22.9. The Morgan fingerprint density at radius 3 is 2.67 bits per heavy atom. The Kier molecular flexibility index (Phi) is 13.8. The second-order valence-electron chi connectivity index (χ2n) is 9.58. The van der Waals surface area contributed by atoms with Gasteiger partial charge in [0.05, 0.1) is 25.9 Å². The summed E-state index contributed by atoms with van der Waals surface area (Å²) in [7, 11) is 2.67. The number of Topliss-reactive ketones (excluding diaryl/α,β-unsaturated/α-hetero) is 1. The van der Waals surface area contributed by atoms with Crippen molar-refractivity contribution in [1.29, 1.82) is 0 Å². The zero-order chi connectivity index (χ0) is 29.7. The number of hydrogen-bond acceptors (Lipinski definition) is 12. The molecule has 1 amide bonds. The first-order chi connectivity index (χ1) is 18.9. The molecule has 3 atom stereocenters. The summed E-state index contributed by atoms with van der Waals surface area (Å²) in [4.78, 5) is 61.4. The Bertz CT molecular complexity index is 1200. The van der Waals surface area contributed by atoms with Crippen LogP contribution in [0, 0.1) is 11.8 Å². The SMILES string of the molecule is CC(=O)CCOC1C[C@H](n2cc(C#CCNC(=O)OCCSSCC(=O)OC(C)(C)C)c(=O)[nH]c2=O)O[C@@H]1CO. The number of hydrogen-bond donors (Lipinski definition) is 3. The highest BCUT2D eigenvalue weighted by atomic mass is 33.1. The van der Waals surface area contributed by atoms with Crippen LogP contribution in [0.15, 0.2) is 15.8 Å². The van der Waals surface area contributed by atoms with E-state index in [0.717, 1.165) is 4.57 Å². The minimum absolute atomic E-state index is 0.0294. The molecule has 0 aromatic carbocycles. The first-order valence-corrected chi connectivity index (χ1v) is 15.0. The summed E-state index contributed by atoms with van der Waals surface area (Å²) in [5.74, 6) is 5.52. The van der Waals surface area contributed by atoms with Crippen molar-refractivity contribution in [2.45, 2.75) is 64.6 Å². The minimum Gasteiger partial charge on any atom is -0.459 e. The van der Waals surface area contributed by atoms with Gasteiger partial charge in [-0.3, -0.25) is 23.9 Å². The summed E-state index contributed by atoms with van der Waals surface area (Å²) < 4.78 is 22.8. The summed E-state index contributed by atoms with van der Waals surface area (Å²) in [5, 5.41) is 12.0. The number of aromatic amines is 1. The largest absolute Gasteiger partial charge is 0.459 e. The predicted molar refractivity (Wildman–Crippen MR) is 149 cm³/mol. The van der Waals surface area contributed by atoms with Crippen LogP contribution in [0.1, 0.15) is 52.3 Å². The summed E-state index contributed by atoms with van der Waals surface area (Å²) in [6.07, 6.45) is -1.09. The average molecular weight is 602 g/mol. The molecule has 1 unspecified atom stereocenters. The number of ketones is 1. The molecule has 15 heteroatoms. The Hall–Kier alpha value is -2.77. The fourth-order valence-electron chi connectivity index (χ4n) is 3.35. The number of nitrogens with zero attached hydrogens (tertiary/aromatic N) is 1. The highest BCUT2D eigenvalue weighted by Crippen LogP contribution is 2.29. The monoisotopic (exact) mass is 601 g/mol. The van der Waals surface area contributed by atoms with Crippen LogP contribution in [-0.4, -0.2) is 88.2 Å². The molecule has 0 radical (unpaired) electrons. The van der Waals surface area contributed by atoms with Gasteiger partial charge in [-0.2, -0.15) is 0 Å². The Morgan fingerprint density at radius 1 is 1.25 bits per heavy atom. The van der Waals surface area contributed by atoms with Crippen LogP contribution < -0.4 is 16.6 Å². The second-order valence-corrected chi connectivity index (χ2v) is 12.2. The third-order valence-electron chi connectivity index (χ3n) is 5.05. The molecule has 3 N–H and O–H groups in total. The van der Waals surface area contributed by atoms with E-state index in [1.165, 1.54) is 34.7 Å². The molecule has 1 aromatic rings. The van der Waals surface area contributed by atoms with Gasteiger partial charge in [-0.1, -0.05) is 33.4 Å². The van der Waals surface area contributed by atoms with E-state index < -0.39 is 41.4 Å². The lowest BCUT2D eigenvalue weighted by Crippen LogP contribution is -2.33. The van der Waals surface area contributed by atoms with E-state index in [9.17, 15) is 29.1 Å². The quantitative estimate of drug-likeness (QED) is 0.127. The van der Waals surface area contributed by atoms with Gasteiger partial charge < -0.3 is 29.4 Å². The van der Waals surface area contributed by atoms with Crippen LogP contribution in [0.3, 0.4) is 0 Å². The molecule has 0 saturated carbocycles. The van der Waals surface area contributed by atoms with Crippen molar-refractivity contribution in [3.63, 3.8) is 0 Å². The van der Waals surface area contributed by atoms with Crippen LogP contribution in [0.5, 0.6) is 0 Å². The number of alkyl carbamates (subject to hydrolysis) is 1. The molecule has 222 valence electrons. The highest BCUT2D eigenvalue weighted by molar-refractivity contribution is 8.76. The lowest BCUT2D eigenvalue weighted by Gasteiger charge is -2.19. The van der Waals surface area contributed by atoms with Crippen LogP contribution in [-0.2, 0) is 28.5 Å². The maximum Gasteiger partial charge on any atom is 0.407 e. The molecule has 0 bridgehead atoms. The fraction of sp³-hybridized carbons (Fsp3) is 0.640. The molecule has 1 fully saturated rings. The van der Waals surface area contributed by atoms with E-state index in [2.05, 4.69) is 22.1 Å². The van der Waals surface area contributed by atoms with Gasteiger partial charge in [0.2, 0.25) is 0 Å². The van der Waals surface area contributed by atoms with Gasteiger partial charge in [0, 0.05) is 24.8 Å². The molecule has 13 nitrogen and oxygen atoms in total. The molecule has 2 rings (SSSR count). The van der Waals surface area contributed by atoms with Crippen molar-refractivity contribution in [2.24, 2.45) is 0 Å². The number of amides is 1. The smallest absolute Gasteiger partial charge is 0.407 e. The van der Waals surface area contributed by atoms with E-state index in [1.54, 1.807) is 20.8 Å². The van der Waals surface area contributed by atoms with E-state index in [1.807, 2.05) is 0 Å². The van der Waals surface area contributed by atoms with Gasteiger partial charge in [-0.25, -0.2) is 9.59 Å². The van der Waals surface area contributed by atoms with Crippen LogP contribution in [0.2, 0.25) is 0 Å². The molecular formula is C25H35N3O10S2. The minimum atomic E-state index is -0.822. The van der Waals surface area contributed by atoms with Crippen LogP contribution >= 0.6 is 21.6 Å². The normalized spacial score (nSPS) is 18.5. The number of aliphatic hydroxyl groups is 1. The highest BCUT2D eigenvalue weighted by Gasteiger charge is 2.37. The third-order valence-corrected chi connectivity index (χ3v) is 7.26. The number of carbonyl (C=O) groups is 3. The summed E-state index contributed by atoms with van der Waals surface area (Å²) in [6.45, 7) is 6.63. The van der Waals surface area contributed by atoms with E-state index in [-0.39, 0.29) is 62.3 Å². The van der Waals surface area contributed by atoms with E-state index in [4.69, 9.17) is 18.9 Å². The average Bonchev–Trinajstić information content (AvgIpc) is 3.26. The number of esters is 1. The van der Waals surface area contributed by atoms with Crippen LogP contribution in [0.25, 0.3) is 0 Å². The third kappa shape index (κ3) is 12.2. The first kappa shape index (κ1) is 33.4. The van der Waals surface area contributed by atoms with Crippen molar-refractivity contribution in [3.05, 3.63) is 32.6 Å². The maximum absolute atomic E-state index is 12.4. The Balaban J connectivity index is 1.81. The van der Waals surface area contributed by atoms with Crippen LogP contribution in [0.4, 0.5) is 4.79 Å². The first-order valence-electron chi connectivity index (χ1n) is 12.5. The number of ether oxygens (including phenoxy) is 4. The molecule has 0 spiro atoms. The lowest BCUT2D eigenvalue weighted by atomic mass is 10.2. The molecule has 1 aliphatic rings. The number of aromatic nitrogens is 2. The van der Waals surface area contributed by atoms with Gasteiger partial charge in [0.15, 0.2) is 0 Å². The molecule has 40 heavy (non-hydrogen) atoms. The Morgan fingerprint density at radius 2 is 2.00 bits per heavy atom. The van der Waals surface area contributed by atoms with Crippen molar-refractivity contribution < 1.29 is 38.4 Å². The molecule has 1 aromatic heterocycles. The number of nitrogens with one attached hydrogen (secondary N) is 2. The number of carbonyl (C=O) groups excluding carboxylic acids is 3. The van der Waals surface area contributed by atoms with Crippen molar-refractivity contribution >= 4 is 39.4 Å². The standard InChI is InChI=1S/C25H35N3O10S2/c1-16(30)7-9-35-18-12-20(37-19(18)14-29)28-13-17(22(32)27-23(28)33)6-5-8-26-24(34)36-10-11-39-40-15-21(31)38-25(2,3)4/h13,18-20,29H,7-12,14-15H2,1-4H3,(H,26,34)(H,27,32,33)/t18?,19-,20-/m1/s1. The number of aliphatic hydroxyl groups excluding tert-OH is 1. The lowest BCUT2D eigenvalue weighted by molar-refractivity contribution is -0.151. The number of rotatable bonds is 13. The fourth-order valence-corrected chi connectivity index (χ4v) is 4.95. The molecule has 1 saturated heterocycles. The predicted octanol–water partition coefficient (Wildman–Crippen LogP) is 0.982. The summed E-state index contributed by atoms with van der Waals surface area (Å²) >= 11 is 0. The zero-order valence-corrected chi connectivity index (χ0v) is 24.5. The molecule has 2 heterocycles. The van der Waals surface area contributed by atoms with Gasteiger partial charge in [-0.05, 0) is 27.7 Å². The second kappa shape index (κ2) is 16.5. The van der Waals surface area contributed by atoms with Crippen molar-refractivity contribution in [1.82, 2.24) is 14.9 Å². The molecular weight excluding hydrogens is 566 g/mol. The topological polar surface area (TPSA) is 175 Å². The summed E-state index contributed by atoms with van der Waals surface area (Å²) in [6, 6.07) is 0. The van der Waals surface area contributed by atoms with Gasteiger partial charge >= 0.3 is 17.8 Å². The van der Waals surface area contributed by atoms with Gasteiger partial charge in [0.1, 0.15) is 41.6 Å². The molecule has 1 aliphatic heterocycles. The maximum atomic E-state index is 12.4. The van der Waals surface area contributed by atoms with Gasteiger partial charge in [0.25, 0.3) is 5.56 Å². The van der Waals surface area contributed by atoms with E-state index in [0.29, 0.717) is 5.75 Å². The van der Waals surface area contributed by atoms with E-state index >= 15 is 0 Å². The molecule has 0 aliphatic carbocycles. The van der Waals surface area contributed by atoms with Crippen molar-refractivity contribution in [2.75, 3.05) is 37.9 Å². The van der Waals surface area contributed by atoms with Crippen molar-refractivity contribution in [3.8, 4) is 11.8 Å².